The van der Waals surface area contributed by atoms with Gasteiger partial charge in [-0.1, -0.05) is 6.92 Å². The van der Waals surface area contributed by atoms with Gasteiger partial charge in [0.2, 0.25) is 5.95 Å². The highest BCUT2D eigenvalue weighted by Crippen LogP contribution is 2.02. The molecule has 0 radical (unpaired) electrons. The van der Waals surface area contributed by atoms with Crippen molar-refractivity contribution in [3.63, 3.8) is 0 Å². The second-order valence-electron chi connectivity index (χ2n) is 2.27. The molecule has 0 saturated carbocycles. The van der Waals surface area contributed by atoms with Crippen LogP contribution < -0.4 is 11.5 Å². The summed E-state index contributed by atoms with van der Waals surface area (Å²) in [6, 6.07) is 1.87. The van der Waals surface area contributed by atoms with Gasteiger partial charge in [-0.2, -0.15) is 0 Å². The van der Waals surface area contributed by atoms with Crippen molar-refractivity contribution in [3.8, 4) is 0 Å². The van der Waals surface area contributed by atoms with Crippen LogP contribution in [-0.4, -0.2) is 9.97 Å². The number of hydrogen-bond acceptors (Lipinski definition) is 4. The summed E-state index contributed by atoms with van der Waals surface area (Å²) in [6.07, 6.45) is 0.861. The second kappa shape index (κ2) is 3.30. The number of nitrogens with zero attached hydrogens (tertiary/aromatic N) is 2. The average Bonchev–Trinajstić information content (AvgIpc) is 2.03. The summed E-state index contributed by atoms with van der Waals surface area (Å²) in [5, 5.41) is 0. The van der Waals surface area contributed by atoms with Gasteiger partial charge in [-0.25, -0.2) is 9.97 Å². The normalized spacial score (nSPS) is 10.0. The highest BCUT2D eigenvalue weighted by Gasteiger charge is 1.97. The van der Waals surface area contributed by atoms with Gasteiger partial charge < -0.3 is 11.5 Å². The number of anilines is 1. The van der Waals surface area contributed by atoms with Crippen molar-refractivity contribution in [3.05, 3.63) is 17.5 Å². The summed E-state index contributed by atoms with van der Waals surface area (Å²) in [6.45, 7) is 2.43. The summed E-state index contributed by atoms with van der Waals surface area (Å²) in [5.41, 5.74) is 12.6. The number of aryl methyl sites for hydroxylation is 1. The molecular weight excluding hydrogens is 140 g/mol. The zero-order chi connectivity index (χ0) is 8.27. The van der Waals surface area contributed by atoms with Gasteiger partial charge in [0.15, 0.2) is 0 Å². The lowest BCUT2D eigenvalue weighted by molar-refractivity contribution is 0.928. The molecule has 60 valence electrons. The minimum absolute atomic E-state index is 0.310. The van der Waals surface area contributed by atoms with Gasteiger partial charge in [-0.05, 0) is 12.5 Å². The molecule has 0 amide bonds. The van der Waals surface area contributed by atoms with Crippen LogP contribution >= 0.6 is 0 Å². The van der Waals surface area contributed by atoms with Gasteiger partial charge in [0.25, 0.3) is 0 Å². The minimum atomic E-state index is 0.310. The molecule has 4 nitrogen and oxygen atoms in total. The maximum absolute atomic E-state index is 5.43. The lowest BCUT2D eigenvalue weighted by Gasteiger charge is -2.00. The Balaban J connectivity index is 3.02. The van der Waals surface area contributed by atoms with E-state index in [1.807, 2.05) is 13.0 Å². The van der Waals surface area contributed by atoms with Crippen LogP contribution in [0.2, 0.25) is 0 Å². The number of nitrogen functional groups attached to an aromatic ring is 1. The zero-order valence-corrected chi connectivity index (χ0v) is 6.54. The van der Waals surface area contributed by atoms with Crippen molar-refractivity contribution in [2.45, 2.75) is 19.9 Å². The van der Waals surface area contributed by atoms with E-state index >= 15 is 0 Å². The third-order valence-electron chi connectivity index (χ3n) is 1.42. The molecule has 0 bridgehead atoms. The molecule has 0 spiro atoms. The molecule has 0 aliphatic carbocycles. The zero-order valence-electron chi connectivity index (χ0n) is 6.54. The minimum Gasteiger partial charge on any atom is -0.368 e. The van der Waals surface area contributed by atoms with E-state index in [1.165, 1.54) is 0 Å². The highest BCUT2D eigenvalue weighted by molar-refractivity contribution is 5.22. The van der Waals surface area contributed by atoms with Crippen LogP contribution in [0.4, 0.5) is 5.95 Å². The van der Waals surface area contributed by atoms with Gasteiger partial charge in [0, 0.05) is 12.2 Å². The van der Waals surface area contributed by atoms with Crippen molar-refractivity contribution in [2.24, 2.45) is 5.73 Å². The third-order valence-corrected chi connectivity index (χ3v) is 1.42. The van der Waals surface area contributed by atoms with Crippen molar-refractivity contribution in [1.82, 2.24) is 9.97 Å². The number of aromatic nitrogens is 2. The van der Waals surface area contributed by atoms with Gasteiger partial charge in [0.05, 0.1) is 5.69 Å². The lowest BCUT2D eigenvalue weighted by Crippen LogP contribution is -2.06. The lowest BCUT2D eigenvalue weighted by atomic mass is 10.3. The van der Waals surface area contributed by atoms with Crippen LogP contribution in [0.5, 0.6) is 0 Å². The van der Waals surface area contributed by atoms with Gasteiger partial charge in [-0.3, -0.25) is 0 Å². The van der Waals surface area contributed by atoms with E-state index in [1.54, 1.807) is 0 Å². The van der Waals surface area contributed by atoms with Crippen molar-refractivity contribution in [2.75, 3.05) is 5.73 Å². The van der Waals surface area contributed by atoms with E-state index in [0.29, 0.717) is 12.5 Å². The maximum atomic E-state index is 5.43. The molecule has 4 N–H and O–H groups in total. The first-order valence-electron chi connectivity index (χ1n) is 3.58. The van der Waals surface area contributed by atoms with Crippen LogP contribution in [0.15, 0.2) is 6.07 Å². The molecule has 0 fully saturated rings. The molecule has 0 atom stereocenters. The molecule has 1 heterocycles. The molecule has 11 heavy (non-hydrogen) atoms. The van der Waals surface area contributed by atoms with Crippen molar-refractivity contribution >= 4 is 5.95 Å². The van der Waals surface area contributed by atoms with Crippen LogP contribution in [0, 0.1) is 0 Å². The Kier molecular flexibility index (Phi) is 2.38. The summed E-state index contributed by atoms with van der Waals surface area (Å²) < 4.78 is 0. The van der Waals surface area contributed by atoms with Crippen molar-refractivity contribution in [1.29, 1.82) is 0 Å². The Morgan fingerprint density at radius 2 is 2.00 bits per heavy atom. The number of hydrogen-bond donors (Lipinski definition) is 2. The fourth-order valence-electron chi connectivity index (χ4n) is 0.862. The van der Waals surface area contributed by atoms with Crippen LogP contribution in [-0.2, 0) is 13.0 Å². The summed E-state index contributed by atoms with van der Waals surface area (Å²) in [4.78, 5) is 7.95. The summed E-state index contributed by atoms with van der Waals surface area (Å²) in [5.74, 6) is 0.310. The Bertz CT molecular complexity index is 224. The molecule has 0 aromatic carbocycles. The second-order valence-corrected chi connectivity index (χ2v) is 2.27. The van der Waals surface area contributed by atoms with Crippen LogP contribution in [0.25, 0.3) is 0 Å². The predicted octanol–water partition coefficient (Wildman–Crippen LogP) is 0.0799. The standard InChI is InChI=1S/C7H12N4/c1-2-5-3-6(4-8)11-7(9)10-5/h3H,2,4,8H2,1H3,(H2,9,10,11). The Morgan fingerprint density at radius 3 is 2.55 bits per heavy atom. The molecule has 0 unspecified atom stereocenters. The van der Waals surface area contributed by atoms with E-state index in [2.05, 4.69) is 9.97 Å². The Morgan fingerprint density at radius 1 is 1.36 bits per heavy atom. The van der Waals surface area contributed by atoms with Gasteiger partial charge in [-0.15, -0.1) is 0 Å². The van der Waals surface area contributed by atoms with Gasteiger partial charge >= 0.3 is 0 Å². The average molecular weight is 152 g/mol. The fraction of sp³-hybridized carbons (Fsp3) is 0.429. The molecule has 1 aromatic rings. The highest BCUT2D eigenvalue weighted by atomic mass is 15.0. The maximum Gasteiger partial charge on any atom is 0.220 e. The van der Waals surface area contributed by atoms with E-state index in [0.717, 1.165) is 17.8 Å². The summed E-state index contributed by atoms with van der Waals surface area (Å²) in [7, 11) is 0. The topological polar surface area (TPSA) is 77.8 Å². The van der Waals surface area contributed by atoms with Gasteiger partial charge in [0.1, 0.15) is 0 Å². The fourth-order valence-corrected chi connectivity index (χ4v) is 0.862. The van der Waals surface area contributed by atoms with E-state index in [-0.39, 0.29) is 0 Å². The first-order valence-corrected chi connectivity index (χ1v) is 3.58. The Hall–Kier alpha value is -1.16. The molecular formula is C7H12N4. The van der Waals surface area contributed by atoms with E-state index < -0.39 is 0 Å². The monoisotopic (exact) mass is 152 g/mol. The third kappa shape index (κ3) is 1.88. The molecule has 1 aromatic heterocycles. The van der Waals surface area contributed by atoms with Crippen LogP contribution in [0.3, 0.4) is 0 Å². The molecule has 1 rings (SSSR count). The smallest absolute Gasteiger partial charge is 0.220 e. The van der Waals surface area contributed by atoms with E-state index in [9.17, 15) is 0 Å². The molecule has 0 saturated heterocycles. The van der Waals surface area contributed by atoms with E-state index in [4.69, 9.17) is 11.5 Å². The largest absolute Gasteiger partial charge is 0.368 e. The molecule has 4 heteroatoms. The van der Waals surface area contributed by atoms with Crippen molar-refractivity contribution < 1.29 is 0 Å². The quantitative estimate of drug-likeness (QED) is 0.629. The SMILES string of the molecule is CCc1cc(CN)nc(N)n1. The number of nitrogens with two attached hydrogens (primary N) is 2. The summed E-state index contributed by atoms with van der Waals surface area (Å²) >= 11 is 0. The first-order chi connectivity index (χ1) is 5.26. The Labute approximate surface area is 65.6 Å². The molecule has 0 aliphatic heterocycles. The molecule has 0 aliphatic rings. The predicted molar refractivity (Wildman–Crippen MR) is 43.7 cm³/mol. The number of rotatable bonds is 2. The van der Waals surface area contributed by atoms with Crippen LogP contribution in [0.1, 0.15) is 18.3 Å². The first kappa shape index (κ1) is 7.94.